The maximum Gasteiger partial charge on any atom is 0.0474 e. The number of rotatable bonds is 5. The quantitative estimate of drug-likeness (QED) is 0.524. The molecule has 0 atom stereocenters. The van der Waals surface area contributed by atoms with E-state index in [0.717, 1.165) is 25.6 Å². The van der Waals surface area contributed by atoms with Crippen molar-refractivity contribution in [1.82, 2.24) is 5.32 Å². The van der Waals surface area contributed by atoms with Crippen LogP contribution in [0.15, 0.2) is 0 Å². The van der Waals surface area contributed by atoms with Crippen LogP contribution < -0.4 is 5.32 Å². The van der Waals surface area contributed by atoms with E-state index in [1.165, 1.54) is 38.5 Å². The summed E-state index contributed by atoms with van der Waals surface area (Å²) in [6.07, 6.45) is 9.63. The van der Waals surface area contributed by atoms with E-state index >= 15 is 0 Å². The van der Waals surface area contributed by atoms with Crippen LogP contribution in [0.25, 0.3) is 0 Å². The standard InChI is InChI=1S/C11H23NO/c1-13-10-6-9-12-11-7-4-2-3-5-8-11/h11-12H,2-10H2,1H3. The molecule has 0 radical (unpaired) electrons. The van der Waals surface area contributed by atoms with Gasteiger partial charge < -0.3 is 10.1 Å². The summed E-state index contributed by atoms with van der Waals surface area (Å²) in [6, 6.07) is 0.791. The topological polar surface area (TPSA) is 21.3 Å². The van der Waals surface area contributed by atoms with Crippen LogP contribution in [0.4, 0.5) is 0 Å². The molecule has 13 heavy (non-hydrogen) atoms. The van der Waals surface area contributed by atoms with Crippen molar-refractivity contribution in [3.63, 3.8) is 0 Å². The fraction of sp³-hybridized carbons (Fsp3) is 1.00. The molecule has 0 unspecified atom stereocenters. The molecule has 0 heterocycles. The normalized spacial score (nSPS) is 20.1. The number of nitrogens with one attached hydrogen (secondary N) is 1. The molecule has 1 fully saturated rings. The molecule has 1 aliphatic rings. The number of hydrogen-bond donors (Lipinski definition) is 1. The van der Waals surface area contributed by atoms with Gasteiger partial charge in [0, 0.05) is 19.8 Å². The van der Waals surface area contributed by atoms with Crippen LogP contribution >= 0.6 is 0 Å². The first kappa shape index (κ1) is 11.0. The molecule has 1 N–H and O–H groups in total. The molecular weight excluding hydrogens is 162 g/mol. The number of ether oxygens (including phenoxy) is 1. The molecule has 1 saturated carbocycles. The molecule has 0 aromatic carbocycles. The van der Waals surface area contributed by atoms with E-state index in [1.54, 1.807) is 7.11 Å². The fourth-order valence-corrected chi connectivity index (χ4v) is 2.01. The van der Waals surface area contributed by atoms with Crippen LogP contribution in [-0.4, -0.2) is 26.3 Å². The highest BCUT2D eigenvalue weighted by Crippen LogP contribution is 2.16. The zero-order valence-corrected chi connectivity index (χ0v) is 8.85. The molecule has 1 aliphatic carbocycles. The van der Waals surface area contributed by atoms with E-state index in [1.807, 2.05) is 0 Å². The molecule has 0 saturated heterocycles. The summed E-state index contributed by atoms with van der Waals surface area (Å²) < 4.78 is 5.02. The molecule has 1 rings (SSSR count). The highest BCUT2D eigenvalue weighted by Gasteiger charge is 2.10. The molecule has 2 heteroatoms. The van der Waals surface area contributed by atoms with E-state index < -0.39 is 0 Å². The SMILES string of the molecule is COCCCNC1CCCCCC1. The van der Waals surface area contributed by atoms with Crippen molar-refractivity contribution < 1.29 is 4.74 Å². The summed E-state index contributed by atoms with van der Waals surface area (Å²) in [6.45, 7) is 2.01. The van der Waals surface area contributed by atoms with E-state index in [4.69, 9.17) is 4.74 Å². The minimum Gasteiger partial charge on any atom is -0.385 e. The van der Waals surface area contributed by atoms with Gasteiger partial charge in [0.2, 0.25) is 0 Å². The van der Waals surface area contributed by atoms with Gasteiger partial charge in [0.1, 0.15) is 0 Å². The molecule has 0 aliphatic heterocycles. The van der Waals surface area contributed by atoms with E-state index in [9.17, 15) is 0 Å². The minimum absolute atomic E-state index is 0.791. The van der Waals surface area contributed by atoms with Crippen LogP contribution in [0.2, 0.25) is 0 Å². The van der Waals surface area contributed by atoms with E-state index in [0.29, 0.717) is 0 Å². The average Bonchev–Trinajstić information content (AvgIpc) is 2.41. The molecule has 0 spiro atoms. The Bertz CT molecular complexity index is 109. The van der Waals surface area contributed by atoms with Gasteiger partial charge in [-0.2, -0.15) is 0 Å². The second kappa shape index (κ2) is 7.34. The lowest BCUT2D eigenvalue weighted by atomic mass is 10.1. The van der Waals surface area contributed by atoms with Gasteiger partial charge in [-0.25, -0.2) is 0 Å². The lowest BCUT2D eigenvalue weighted by molar-refractivity contribution is 0.192. The third-order valence-corrected chi connectivity index (χ3v) is 2.81. The molecule has 78 valence electrons. The monoisotopic (exact) mass is 185 g/mol. The minimum atomic E-state index is 0.791. The largest absolute Gasteiger partial charge is 0.385 e. The summed E-state index contributed by atoms with van der Waals surface area (Å²) >= 11 is 0. The lowest BCUT2D eigenvalue weighted by Gasteiger charge is -2.15. The smallest absolute Gasteiger partial charge is 0.0474 e. The van der Waals surface area contributed by atoms with Gasteiger partial charge in [0.15, 0.2) is 0 Å². The number of methoxy groups -OCH3 is 1. The molecule has 0 amide bonds. The highest BCUT2D eigenvalue weighted by atomic mass is 16.5. The Morgan fingerprint density at radius 1 is 1.15 bits per heavy atom. The van der Waals surface area contributed by atoms with Gasteiger partial charge in [0.25, 0.3) is 0 Å². The second-order valence-electron chi connectivity index (χ2n) is 3.99. The Morgan fingerprint density at radius 2 is 1.85 bits per heavy atom. The van der Waals surface area contributed by atoms with Crippen molar-refractivity contribution in [2.75, 3.05) is 20.3 Å². The zero-order chi connectivity index (χ0) is 9.36. The summed E-state index contributed by atoms with van der Waals surface area (Å²) in [4.78, 5) is 0. The summed E-state index contributed by atoms with van der Waals surface area (Å²) in [5.41, 5.74) is 0. The Labute approximate surface area is 82.0 Å². The maximum absolute atomic E-state index is 5.02. The van der Waals surface area contributed by atoms with Crippen molar-refractivity contribution >= 4 is 0 Å². The van der Waals surface area contributed by atoms with Gasteiger partial charge in [-0.3, -0.25) is 0 Å². The predicted molar refractivity (Wildman–Crippen MR) is 56.0 cm³/mol. The van der Waals surface area contributed by atoms with Crippen molar-refractivity contribution in [2.45, 2.75) is 51.0 Å². The van der Waals surface area contributed by atoms with Crippen molar-refractivity contribution in [3.8, 4) is 0 Å². The molecule has 0 aromatic heterocycles. The zero-order valence-electron chi connectivity index (χ0n) is 8.85. The van der Waals surface area contributed by atoms with Gasteiger partial charge in [-0.15, -0.1) is 0 Å². The summed E-state index contributed by atoms with van der Waals surface area (Å²) in [5.74, 6) is 0. The Morgan fingerprint density at radius 3 is 2.46 bits per heavy atom. The third kappa shape index (κ3) is 5.27. The van der Waals surface area contributed by atoms with Gasteiger partial charge >= 0.3 is 0 Å². The average molecular weight is 185 g/mol. The molecule has 2 nitrogen and oxygen atoms in total. The van der Waals surface area contributed by atoms with Crippen molar-refractivity contribution in [1.29, 1.82) is 0 Å². The first-order valence-corrected chi connectivity index (χ1v) is 5.66. The first-order chi connectivity index (χ1) is 6.43. The Kier molecular flexibility index (Phi) is 6.21. The first-order valence-electron chi connectivity index (χ1n) is 5.66. The van der Waals surface area contributed by atoms with Crippen LogP contribution in [0.1, 0.15) is 44.9 Å². The van der Waals surface area contributed by atoms with Gasteiger partial charge in [-0.1, -0.05) is 25.7 Å². The molecular formula is C11H23NO. The van der Waals surface area contributed by atoms with E-state index in [-0.39, 0.29) is 0 Å². The molecule has 0 aromatic rings. The fourth-order valence-electron chi connectivity index (χ4n) is 2.01. The van der Waals surface area contributed by atoms with Gasteiger partial charge in [-0.05, 0) is 25.8 Å². The molecule has 0 bridgehead atoms. The van der Waals surface area contributed by atoms with Crippen LogP contribution in [-0.2, 0) is 4.74 Å². The van der Waals surface area contributed by atoms with Crippen LogP contribution in [0.3, 0.4) is 0 Å². The van der Waals surface area contributed by atoms with E-state index in [2.05, 4.69) is 5.32 Å². The van der Waals surface area contributed by atoms with Crippen molar-refractivity contribution in [3.05, 3.63) is 0 Å². The van der Waals surface area contributed by atoms with Crippen molar-refractivity contribution in [2.24, 2.45) is 0 Å². The summed E-state index contributed by atoms with van der Waals surface area (Å²) in [5, 5.41) is 3.62. The lowest BCUT2D eigenvalue weighted by Crippen LogP contribution is -2.29. The third-order valence-electron chi connectivity index (χ3n) is 2.81. The summed E-state index contributed by atoms with van der Waals surface area (Å²) in [7, 11) is 1.77. The van der Waals surface area contributed by atoms with Crippen LogP contribution in [0.5, 0.6) is 0 Å². The number of hydrogen-bond acceptors (Lipinski definition) is 2. The van der Waals surface area contributed by atoms with Crippen LogP contribution in [0, 0.1) is 0 Å². The Balaban J connectivity index is 1.98. The Hall–Kier alpha value is -0.0800. The maximum atomic E-state index is 5.02. The predicted octanol–water partition coefficient (Wildman–Crippen LogP) is 2.34. The second-order valence-corrected chi connectivity index (χ2v) is 3.99. The van der Waals surface area contributed by atoms with Gasteiger partial charge in [0.05, 0.1) is 0 Å². The highest BCUT2D eigenvalue weighted by molar-refractivity contribution is 4.70.